The van der Waals surface area contributed by atoms with Crippen LogP contribution in [0.3, 0.4) is 0 Å². The van der Waals surface area contributed by atoms with Crippen molar-refractivity contribution in [2.24, 2.45) is 5.92 Å². The van der Waals surface area contributed by atoms with Gasteiger partial charge in [0, 0.05) is 18.0 Å². The molecule has 0 spiro atoms. The maximum atomic E-state index is 13.2. The molecule has 2 atom stereocenters. The average Bonchev–Trinajstić information content (AvgIpc) is 3.05. The van der Waals surface area contributed by atoms with Crippen LogP contribution >= 0.6 is 0 Å². The molecule has 2 saturated heterocycles. The molecular formula is C26H31NO3. The van der Waals surface area contributed by atoms with E-state index < -0.39 is 5.60 Å². The lowest BCUT2D eigenvalue weighted by molar-refractivity contribution is -0.108. The molecule has 5 rings (SSSR count). The molecule has 2 fully saturated rings. The van der Waals surface area contributed by atoms with Crippen LogP contribution in [-0.4, -0.2) is 40.4 Å². The second-order valence-electron chi connectivity index (χ2n) is 9.62. The highest BCUT2D eigenvalue weighted by molar-refractivity contribution is 5.79. The number of hydrogen-bond donors (Lipinski definition) is 1. The molecular weight excluding hydrogens is 374 g/mol. The molecule has 2 bridgehead atoms. The van der Waals surface area contributed by atoms with Crippen molar-refractivity contribution in [2.75, 3.05) is 6.61 Å². The number of carbonyl (C=O) groups is 1. The summed E-state index contributed by atoms with van der Waals surface area (Å²) in [5.41, 5.74) is 4.28. The minimum absolute atomic E-state index is 0.0820. The summed E-state index contributed by atoms with van der Waals surface area (Å²) in [5, 5.41) is 11.1. The van der Waals surface area contributed by atoms with E-state index in [1.807, 2.05) is 4.90 Å². The Kier molecular flexibility index (Phi) is 4.85. The van der Waals surface area contributed by atoms with Crippen LogP contribution in [0.5, 0.6) is 0 Å². The highest BCUT2D eigenvalue weighted by Gasteiger charge is 2.49. The first-order valence-corrected chi connectivity index (χ1v) is 11.3. The fourth-order valence-corrected chi connectivity index (χ4v) is 5.90. The van der Waals surface area contributed by atoms with E-state index in [1.54, 1.807) is 0 Å². The number of rotatable bonds is 3. The number of aliphatic hydroxyl groups is 1. The van der Waals surface area contributed by atoms with Crippen molar-refractivity contribution in [3.63, 3.8) is 0 Å². The molecule has 0 aromatic heterocycles. The first-order valence-electron chi connectivity index (χ1n) is 11.3. The summed E-state index contributed by atoms with van der Waals surface area (Å²) in [5.74, 6) is 0.281. The first kappa shape index (κ1) is 19.6. The Hall–Kier alpha value is -2.33. The number of piperidine rings is 2. The molecule has 2 aromatic rings. The van der Waals surface area contributed by atoms with Crippen LogP contribution in [0.2, 0.25) is 0 Å². The molecule has 2 unspecified atom stereocenters. The smallest absolute Gasteiger partial charge is 0.410 e. The van der Waals surface area contributed by atoms with Crippen molar-refractivity contribution in [2.45, 2.75) is 69.6 Å². The summed E-state index contributed by atoms with van der Waals surface area (Å²) in [6.07, 6.45) is 4.14. The molecule has 30 heavy (non-hydrogen) atoms. The minimum Gasteiger partial charge on any atom is -0.448 e. The van der Waals surface area contributed by atoms with Gasteiger partial charge in [-0.25, -0.2) is 4.79 Å². The van der Waals surface area contributed by atoms with E-state index in [9.17, 15) is 9.90 Å². The highest BCUT2D eigenvalue weighted by Crippen LogP contribution is 2.45. The van der Waals surface area contributed by atoms with Crippen molar-refractivity contribution >= 4 is 6.09 Å². The fraction of sp³-hybridized carbons (Fsp3) is 0.500. The van der Waals surface area contributed by atoms with Gasteiger partial charge in [0.2, 0.25) is 0 Å². The molecule has 0 saturated carbocycles. The molecule has 4 heteroatoms. The summed E-state index contributed by atoms with van der Waals surface area (Å²) in [4.78, 5) is 15.1. The van der Waals surface area contributed by atoms with E-state index in [1.165, 1.54) is 22.3 Å². The van der Waals surface area contributed by atoms with Gasteiger partial charge >= 0.3 is 6.09 Å². The number of ether oxygens (including phenoxy) is 1. The van der Waals surface area contributed by atoms with Gasteiger partial charge in [-0.05, 0) is 60.3 Å². The van der Waals surface area contributed by atoms with Crippen LogP contribution in [-0.2, 0) is 4.74 Å². The number of amides is 1. The summed E-state index contributed by atoms with van der Waals surface area (Å²) in [6.45, 7) is 4.52. The van der Waals surface area contributed by atoms with Crippen LogP contribution in [0, 0.1) is 5.92 Å². The second kappa shape index (κ2) is 7.42. The maximum absolute atomic E-state index is 13.2. The number of nitrogens with zero attached hydrogens (tertiary/aromatic N) is 1. The number of hydrogen-bond acceptors (Lipinski definition) is 3. The first-order chi connectivity index (χ1) is 14.5. The summed E-state index contributed by atoms with van der Waals surface area (Å²) in [6, 6.07) is 17.0. The Morgan fingerprint density at radius 2 is 1.57 bits per heavy atom. The number of fused-ring (bicyclic) bond motifs is 5. The molecule has 0 radical (unpaired) electrons. The van der Waals surface area contributed by atoms with Crippen LogP contribution in [0.4, 0.5) is 4.79 Å². The third-order valence-electron chi connectivity index (χ3n) is 7.66. The van der Waals surface area contributed by atoms with Gasteiger partial charge in [0.05, 0.1) is 5.60 Å². The van der Waals surface area contributed by atoms with E-state index in [0.29, 0.717) is 19.4 Å². The number of carbonyl (C=O) groups excluding carboxylic acids is 1. The van der Waals surface area contributed by atoms with Crippen LogP contribution < -0.4 is 0 Å². The Morgan fingerprint density at radius 1 is 1.03 bits per heavy atom. The van der Waals surface area contributed by atoms with Gasteiger partial charge in [0.1, 0.15) is 6.61 Å². The molecule has 158 valence electrons. The average molecular weight is 406 g/mol. The predicted molar refractivity (Wildman–Crippen MR) is 117 cm³/mol. The normalized spacial score (nSPS) is 27.7. The van der Waals surface area contributed by atoms with E-state index >= 15 is 0 Å². The van der Waals surface area contributed by atoms with E-state index in [-0.39, 0.29) is 30.0 Å². The van der Waals surface area contributed by atoms with Crippen LogP contribution in [0.1, 0.15) is 63.0 Å². The standard InChI is InChI=1S/C26H31NO3/c1-17(2)26(29)14-18-8-7-9-19(15-26)27(18)25(28)30-16-24-22-12-5-3-10-20(22)21-11-4-6-13-23(21)24/h3-6,10-13,17-19,24,29H,7-9,14-16H2,1-2H3. The highest BCUT2D eigenvalue weighted by atomic mass is 16.6. The summed E-state index contributed by atoms with van der Waals surface area (Å²) < 4.78 is 5.95. The molecule has 1 N–H and O–H groups in total. The van der Waals surface area contributed by atoms with Gasteiger partial charge in [-0.3, -0.25) is 0 Å². The van der Waals surface area contributed by atoms with Crippen molar-refractivity contribution in [1.29, 1.82) is 0 Å². The SMILES string of the molecule is CC(C)C1(O)CC2CCCC(C1)N2C(=O)OCC1c2ccccc2-c2ccccc21. The van der Waals surface area contributed by atoms with Crippen LogP contribution in [0.25, 0.3) is 11.1 Å². The number of benzene rings is 2. The van der Waals surface area contributed by atoms with E-state index in [4.69, 9.17) is 4.74 Å². The van der Waals surface area contributed by atoms with Crippen LogP contribution in [0.15, 0.2) is 48.5 Å². The lowest BCUT2D eigenvalue weighted by atomic mass is 9.71. The molecule has 4 nitrogen and oxygen atoms in total. The molecule has 3 aliphatic rings. The Balaban J connectivity index is 1.34. The minimum atomic E-state index is -0.671. The molecule has 1 aliphatic carbocycles. The zero-order valence-corrected chi connectivity index (χ0v) is 17.9. The lowest BCUT2D eigenvalue weighted by Gasteiger charge is -2.52. The third kappa shape index (κ3) is 3.13. The monoisotopic (exact) mass is 405 g/mol. The Bertz CT molecular complexity index is 893. The molecule has 1 amide bonds. The van der Waals surface area contributed by atoms with E-state index in [0.717, 1.165) is 19.3 Å². The van der Waals surface area contributed by atoms with Gasteiger partial charge in [0.15, 0.2) is 0 Å². The fourth-order valence-electron chi connectivity index (χ4n) is 5.90. The van der Waals surface area contributed by atoms with E-state index in [2.05, 4.69) is 62.4 Å². The van der Waals surface area contributed by atoms with Gasteiger partial charge < -0.3 is 14.7 Å². The zero-order valence-electron chi connectivity index (χ0n) is 17.9. The summed E-state index contributed by atoms with van der Waals surface area (Å²) >= 11 is 0. The molecule has 2 heterocycles. The Morgan fingerprint density at radius 3 is 2.10 bits per heavy atom. The second-order valence-corrected chi connectivity index (χ2v) is 9.62. The van der Waals surface area contributed by atoms with Gasteiger partial charge in [-0.2, -0.15) is 0 Å². The van der Waals surface area contributed by atoms with Gasteiger partial charge in [-0.1, -0.05) is 62.4 Å². The van der Waals surface area contributed by atoms with Crippen molar-refractivity contribution in [1.82, 2.24) is 4.90 Å². The largest absolute Gasteiger partial charge is 0.448 e. The zero-order chi connectivity index (χ0) is 20.9. The predicted octanol–water partition coefficient (Wildman–Crippen LogP) is 5.34. The topological polar surface area (TPSA) is 49.8 Å². The third-order valence-corrected chi connectivity index (χ3v) is 7.66. The van der Waals surface area contributed by atoms with Gasteiger partial charge in [0.25, 0.3) is 0 Å². The molecule has 2 aliphatic heterocycles. The summed E-state index contributed by atoms with van der Waals surface area (Å²) in [7, 11) is 0. The van der Waals surface area contributed by atoms with Crippen molar-refractivity contribution in [3.05, 3.63) is 59.7 Å². The molecule has 2 aromatic carbocycles. The lowest BCUT2D eigenvalue weighted by Crippen LogP contribution is -2.61. The maximum Gasteiger partial charge on any atom is 0.410 e. The van der Waals surface area contributed by atoms with Crippen molar-refractivity contribution in [3.8, 4) is 11.1 Å². The quantitative estimate of drug-likeness (QED) is 0.750. The van der Waals surface area contributed by atoms with Crippen molar-refractivity contribution < 1.29 is 14.6 Å². The Labute approximate surface area is 178 Å². The van der Waals surface area contributed by atoms with Gasteiger partial charge in [-0.15, -0.1) is 0 Å².